The molecular formula is C12H21N7O2. The summed E-state index contributed by atoms with van der Waals surface area (Å²) < 4.78 is 0. The Labute approximate surface area is 122 Å². The number of carbonyl (C=O) groups is 2. The summed E-state index contributed by atoms with van der Waals surface area (Å²) in [5.74, 6) is 0.537. The summed E-state index contributed by atoms with van der Waals surface area (Å²) in [6.45, 7) is -0.0826. The van der Waals surface area contributed by atoms with Crippen LogP contribution in [0.5, 0.6) is 0 Å². The maximum atomic E-state index is 12.0. The number of carbonyl (C=O) groups excluding carboxylic acids is 2. The average molecular weight is 295 g/mol. The Bertz CT molecular complexity index is 456. The SMILES string of the molecule is CNC(=O)NCC(=O)NC(c1nn[nH]n1)C1CCCCC1. The minimum absolute atomic E-state index is 0.0826. The molecule has 0 aromatic carbocycles. The molecular weight excluding hydrogens is 274 g/mol. The molecule has 0 bridgehead atoms. The quantitative estimate of drug-likeness (QED) is 0.602. The second kappa shape index (κ2) is 7.55. The Balaban J connectivity index is 1.95. The molecule has 1 heterocycles. The third kappa shape index (κ3) is 4.40. The maximum Gasteiger partial charge on any atom is 0.314 e. The number of hydrogen-bond acceptors (Lipinski definition) is 5. The fourth-order valence-corrected chi connectivity index (χ4v) is 2.64. The van der Waals surface area contributed by atoms with Gasteiger partial charge in [-0.05, 0) is 18.8 Å². The van der Waals surface area contributed by atoms with Gasteiger partial charge in [0, 0.05) is 7.05 Å². The number of H-pyrrole nitrogens is 1. The van der Waals surface area contributed by atoms with E-state index in [1.165, 1.54) is 13.5 Å². The molecule has 1 aromatic rings. The first-order valence-corrected chi connectivity index (χ1v) is 7.19. The van der Waals surface area contributed by atoms with E-state index in [0.717, 1.165) is 25.7 Å². The van der Waals surface area contributed by atoms with E-state index in [1.54, 1.807) is 0 Å². The molecule has 2 rings (SSSR count). The molecule has 4 N–H and O–H groups in total. The summed E-state index contributed by atoms with van der Waals surface area (Å²) in [5, 5.41) is 21.7. The number of nitrogens with zero attached hydrogens (tertiary/aromatic N) is 3. The van der Waals surface area contributed by atoms with Gasteiger partial charge in [0.25, 0.3) is 0 Å². The molecule has 0 aliphatic heterocycles. The van der Waals surface area contributed by atoms with Gasteiger partial charge in [-0.15, -0.1) is 10.2 Å². The van der Waals surface area contributed by atoms with Crippen molar-refractivity contribution in [3.63, 3.8) is 0 Å². The Morgan fingerprint density at radius 1 is 1.33 bits per heavy atom. The fourth-order valence-electron chi connectivity index (χ4n) is 2.64. The van der Waals surface area contributed by atoms with E-state index in [4.69, 9.17) is 0 Å². The van der Waals surface area contributed by atoms with E-state index in [-0.39, 0.29) is 24.5 Å². The molecule has 1 fully saturated rings. The van der Waals surface area contributed by atoms with E-state index in [0.29, 0.717) is 11.7 Å². The molecule has 0 radical (unpaired) electrons. The lowest BCUT2D eigenvalue weighted by Crippen LogP contribution is -2.43. The standard InChI is InChI=1S/C12H21N7O2/c1-13-12(21)14-7-9(20)15-10(11-16-18-19-17-11)8-5-3-2-4-6-8/h8,10H,2-7H2,1H3,(H,15,20)(H2,13,14,21)(H,16,17,18,19). The second-order valence-corrected chi connectivity index (χ2v) is 5.15. The highest BCUT2D eigenvalue weighted by molar-refractivity contribution is 5.83. The lowest BCUT2D eigenvalue weighted by Gasteiger charge is -2.28. The molecule has 1 aliphatic carbocycles. The number of tetrazole rings is 1. The molecule has 9 nitrogen and oxygen atoms in total. The van der Waals surface area contributed by atoms with Crippen molar-refractivity contribution in [3.05, 3.63) is 5.82 Å². The molecule has 21 heavy (non-hydrogen) atoms. The van der Waals surface area contributed by atoms with Crippen LogP contribution in [0.1, 0.15) is 44.0 Å². The predicted molar refractivity (Wildman–Crippen MR) is 74.1 cm³/mol. The molecule has 9 heteroatoms. The highest BCUT2D eigenvalue weighted by Crippen LogP contribution is 2.32. The first kappa shape index (κ1) is 15.2. The van der Waals surface area contributed by atoms with Crippen LogP contribution in [-0.4, -0.2) is 46.2 Å². The van der Waals surface area contributed by atoms with Crippen molar-refractivity contribution in [2.45, 2.75) is 38.1 Å². The van der Waals surface area contributed by atoms with Gasteiger partial charge in [-0.3, -0.25) is 4.79 Å². The van der Waals surface area contributed by atoms with Crippen LogP contribution < -0.4 is 16.0 Å². The van der Waals surface area contributed by atoms with Gasteiger partial charge in [-0.25, -0.2) is 4.79 Å². The highest BCUT2D eigenvalue weighted by atomic mass is 16.2. The zero-order chi connectivity index (χ0) is 15.1. The van der Waals surface area contributed by atoms with Gasteiger partial charge in [-0.2, -0.15) is 5.21 Å². The van der Waals surface area contributed by atoms with Gasteiger partial charge in [0.15, 0.2) is 5.82 Å². The van der Waals surface area contributed by atoms with Gasteiger partial charge in [-0.1, -0.05) is 24.5 Å². The van der Waals surface area contributed by atoms with Crippen LogP contribution in [0, 0.1) is 5.92 Å². The third-order valence-corrected chi connectivity index (χ3v) is 3.71. The van der Waals surface area contributed by atoms with E-state index in [9.17, 15) is 9.59 Å². The van der Waals surface area contributed by atoms with Crippen LogP contribution in [0.3, 0.4) is 0 Å². The van der Waals surface area contributed by atoms with E-state index in [1.807, 2.05) is 0 Å². The molecule has 1 aromatic heterocycles. The average Bonchev–Trinajstić information content (AvgIpc) is 3.05. The predicted octanol–water partition coefficient (Wildman–Crippen LogP) is -0.134. The number of amides is 3. The van der Waals surface area contributed by atoms with Crippen LogP contribution in [0.4, 0.5) is 4.79 Å². The largest absolute Gasteiger partial charge is 0.344 e. The Kier molecular flexibility index (Phi) is 5.47. The topological polar surface area (TPSA) is 125 Å². The molecule has 1 atom stereocenters. The van der Waals surface area contributed by atoms with Crippen LogP contribution in [0.2, 0.25) is 0 Å². The number of aromatic nitrogens is 4. The van der Waals surface area contributed by atoms with Crippen LogP contribution in [0.15, 0.2) is 0 Å². The first-order valence-electron chi connectivity index (χ1n) is 7.19. The summed E-state index contributed by atoms with van der Waals surface area (Å²) in [7, 11) is 1.50. The molecule has 1 saturated carbocycles. The molecule has 0 spiro atoms. The normalized spacial score (nSPS) is 17.0. The van der Waals surface area contributed by atoms with E-state index in [2.05, 4.69) is 36.6 Å². The Morgan fingerprint density at radius 3 is 2.71 bits per heavy atom. The number of nitrogens with one attached hydrogen (secondary N) is 4. The van der Waals surface area contributed by atoms with E-state index >= 15 is 0 Å². The monoisotopic (exact) mass is 295 g/mol. The zero-order valence-corrected chi connectivity index (χ0v) is 12.1. The summed E-state index contributed by atoms with van der Waals surface area (Å²) in [4.78, 5) is 23.1. The Morgan fingerprint density at radius 2 is 2.10 bits per heavy atom. The second-order valence-electron chi connectivity index (χ2n) is 5.15. The summed E-state index contributed by atoms with van der Waals surface area (Å²) >= 11 is 0. The lowest BCUT2D eigenvalue weighted by molar-refractivity contribution is -0.121. The van der Waals surface area contributed by atoms with Crippen molar-refractivity contribution in [1.82, 2.24) is 36.6 Å². The van der Waals surface area contributed by atoms with Crippen LogP contribution in [-0.2, 0) is 4.79 Å². The molecule has 3 amide bonds. The summed E-state index contributed by atoms with van der Waals surface area (Å²) in [6.07, 6.45) is 5.57. The number of rotatable bonds is 5. The molecule has 0 saturated heterocycles. The van der Waals surface area contributed by atoms with Crippen molar-refractivity contribution in [3.8, 4) is 0 Å². The Hall–Kier alpha value is -2.19. The first-order chi connectivity index (χ1) is 10.2. The smallest absolute Gasteiger partial charge is 0.314 e. The van der Waals surface area contributed by atoms with E-state index < -0.39 is 0 Å². The van der Waals surface area contributed by atoms with Crippen molar-refractivity contribution >= 4 is 11.9 Å². The minimum Gasteiger partial charge on any atom is -0.344 e. The summed E-state index contributed by atoms with van der Waals surface area (Å²) in [6, 6.07) is -0.651. The number of urea groups is 1. The van der Waals surface area contributed by atoms with Crippen molar-refractivity contribution in [2.75, 3.05) is 13.6 Å². The lowest BCUT2D eigenvalue weighted by atomic mass is 9.83. The van der Waals surface area contributed by atoms with Gasteiger partial charge in [0.05, 0.1) is 12.6 Å². The van der Waals surface area contributed by atoms with Crippen molar-refractivity contribution in [2.24, 2.45) is 5.92 Å². The van der Waals surface area contributed by atoms with Gasteiger partial charge < -0.3 is 16.0 Å². The zero-order valence-electron chi connectivity index (χ0n) is 12.1. The van der Waals surface area contributed by atoms with Gasteiger partial charge in [0.1, 0.15) is 0 Å². The number of aromatic amines is 1. The number of hydrogen-bond donors (Lipinski definition) is 4. The maximum absolute atomic E-state index is 12.0. The molecule has 1 unspecified atom stereocenters. The minimum atomic E-state index is -0.390. The third-order valence-electron chi connectivity index (χ3n) is 3.71. The van der Waals surface area contributed by atoms with Crippen LogP contribution in [0.25, 0.3) is 0 Å². The summed E-state index contributed by atoms with van der Waals surface area (Å²) in [5.41, 5.74) is 0. The van der Waals surface area contributed by atoms with Crippen LogP contribution >= 0.6 is 0 Å². The van der Waals surface area contributed by atoms with Crippen molar-refractivity contribution < 1.29 is 9.59 Å². The van der Waals surface area contributed by atoms with Gasteiger partial charge in [0.2, 0.25) is 5.91 Å². The fraction of sp³-hybridized carbons (Fsp3) is 0.750. The highest BCUT2D eigenvalue weighted by Gasteiger charge is 2.29. The van der Waals surface area contributed by atoms with Gasteiger partial charge >= 0.3 is 6.03 Å². The van der Waals surface area contributed by atoms with Crippen molar-refractivity contribution in [1.29, 1.82) is 0 Å². The molecule has 116 valence electrons. The molecule has 1 aliphatic rings.